The Hall–Kier alpha value is -2.75. The summed E-state index contributed by atoms with van der Waals surface area (Å²) >= 11 is 0. The second-order valence-corrected chi connectivity index (χ2v) is 4.52. The first-order valence-electron chi connectivity index (χ1n) is 6.32. The van der Waals surface area contributed by atoms with E-state index in [9.17, 15) is 4.79 Å². The number of nitrogens with one attached hydrogen (secondary N) is 1. The summed E-state index contributed by atoms with van der Waals surface area (Å²) in [5.74, 6) is -0.185. The number of benzene rings is 1. The molecule has 0 radical (unpaired) electrons. The normalized spacial score (nSPS) is 10.4. The third-order valence-corrected chi connectivity index (χ3v) is 3.05. The number of pyridine rings is 2. The smallest absolute Gasteiger partial charge is 0.257 e. The highest BCUT2D eigenvalue weighted by Crippen LogP contribution is 2.21. The molecule has 0 fully saturated rings. The van der Waals surface area contributed by atoms with Gasteiger partial charge in [-0.3, -0.25) is 14.8 Å². The molecule has 0 atom stereocenters. The van der Waals surface area contributed by atoms with Gasteiger partial charge in [-0.05, 0) is 31.2 Å². The molecule has 3 aromatic rings. The average Bonchev–Trinajstić information content (AvgIpc) is 2.48. The summed E-state index contributed by atoms with van der Waals surface area (Å²) in [7, 11) is 0. The molecule has 0 saturated carbocycles. The monoisotopic (exact) mass is 263 g/mol. The second-order valence-electron chi connectivity index (χ2n) is 4.52. The number of anilines is 1. The highest BCUT2D eigenvalue weighted by atomic mass is 16.1. The van der Waals surface area contributed by atoms with Gasteiger partial charge in [0.15, 0.2) is 0 Å². The fourth-order valence-electron chi connectivity index (χ4n) is 2.00. The van der Waals surface area contributed by atoms with Gasteiger partial charge in [0.2, 0.25) is 0 Å². The molecular formula is C16H13N3O. The van der Waals surface area contributed by atoms with Crippen molar-refractivity contribution in [2.45, 2.75) is 6.92 Å². The maximum absolute atomic E-state index is 12.2. The molecule has 0 bridgehead atoms. The highest BCUT2D eigenvalue weighted by Gasteiger charge is 2.08. The SMILES string of the molecule is Cc1ccc(C(=O)Nc2cccc3cccnc23)cn1. The summed E-state index contributed by atoms with van der Waals surface area (Å²) in [6.07, 6.45) is 3.29. The van der Waals surface area contributed by atoms with Crippen LogP contribution in [-0.4, -0.2) is 15.9 Å². The Labute approximate surface area is 116 Å². The Bertz CT molecular complexity index is 761. The zero-order chi connectivity index (χ0) is 13.9. The summed E-state index contributed by atoms with van der Waals surface area (Å²) in [5, 5.41) is 3.87. The molecule has 4 heteroatoms. The fourth-order valence-corrected chi connectivity index (χ4v) is 2.00. The molecule has 0 aliphatic heterocycles. The van der Waals surface area contributed by atoms with E-state index in [1.807, 2.05) is 43.3 Å². The Morgan fingerprint density at radius 2 is 1.90 bits per heavy atom. The first-order valence-corrected chi connectivity index (χ1v) is 6.32. The van der Waals surface area contributed by atoms with E-state index in [2.05, 4.69) is 15.3 Å². The number of carbonyl (C=O) groups excluding carboxylic acids is 1. The minimum Gasteiger partial charge on any atom is -0.320 e. The van der Waals surface area contributed by atoms with Gasteiger partial charge < -0.3 is 5.32 Å². The van der Waals surface area contributed by atoms with E-state index in [1.54, 1.807) is 18.5 Å². The van der Waals surface area contributed by atoms with Crippen molar-refractivity contribution in [3.8, 4) is 0 Å². The standard InChI is InChI=1S/C16H13N3O/c1-11-7-8-13(10-18-11)16(20)19-14-6-2-4-12-5-3-9-17-15(12)14/h2-10H,1H3,(H,19,20). The van der Waals surface area contributed by atoms with E-state index in [0.717, 1.165) is 16.6 Å². The quantitative estimate of drug-likeness (QED) is 0.772. The van der Waals surface area contributed by atoms with Crippen LogP contribution >= 0.6 is 0 Å². The van der Waals surface area contributed by atoms with Gasteiger partial charge in [0.25, 0.3) is 5.91 Å². The Kier molecular flexibility index (Phi) is 3.13. The highest BCUT2D eigenvalue weighted by molar-refractivity contribution is 6.08. The van der Waals surface area contributed by atoms with Crippen LogP contribution in [0.3, 0.4) is 0 Å². The third kappa shape index (κ3) is 2.36. The number of amides is 1. The van der Waals surface area contributed by atoms with Crippen molar-refractivity contribution in [3.63, 3.8) is 0 Å². The van der Waals surface area contributed by atoms with Gasteiger partial charge >= 0.3 is 0 Å². The number of aromatic nitrogens is 2. The number of rotatable bonds is 2. The zero-order valence-corrected chi connectivity index (χ0v) is 11.0. The summed E-state index contributed by atoms with van der Waals surface area (Å²) < 4.78 is 0. The van der Waals surface area contributed by atoms with Crippen LogP contribution in [0.25, 0.3) is 10.9 Å². The van der Waals surface area contributed by atoms with Crippen LogP contribution in [-0.2, 0) is 0 Å². The van der Waals surface area contributed by atoms with Gasteiger partial charge in [-0.15, -0.1) is 0 Å². The summed E-state index contributed by atoms with van der Waals surface area (Å²) in [6.45, 7) is 1.89. The lowest BCUT2D eigenvalue weighted by Crippen LogP contribution is -2.12. The van der Waals surface area contributed by atoms with Gasteiger partial charge in [0, 0.05) is 23.5 Å². The largest absolute Gasteiger partial charge is 0.320 e. The summed E-state index contributed by atoms with van der Waals surface area (Å²) in [4.78, 5) is 20.6. The van der Waals surface area contributed by atoms with Gasteiger partial charge in [0.05, 0.1) is 16.8 Å². The van der Waals surface area contributed by atoms with E-state index >= 15 is 0 Å². The van der Waals surface area contributed by atoms with Gasteiger partial charge in [-0.25, -0.2) is 0 Å². The van der Waals surface area contributed by atoms with Crippen molar-refractivity contribution >= 4 is 22.5 Å². The molecule has 0 spiro atoms. The third-order valence-electron chi connectivity index (χ3n) is 3.05. The van der Waals surface area contributed by atoms with Crippen molar-refractivity contribution < 1.29 is 4.79 Å². The molecule has 1 N–H and O–H groups in total. The molecule has 0 aliphatic carbocycles. The maximum atomic E-state index is 12.2. The van der Waals surface area contributed by atoms with Crippen LogP contribution in [0.4, 0.5) is 5.69 Å². The van der Waals surface area contributed by atoms with E-state index in [0.29, 0.717) is 11.3 Å². The van der Waals surface area contributed by atoms with Crippen LogP contribution in [0.2, 0.25) is 0 Å². The van der Waals surface area contributed by atoms with Crippen LogP contribution in [0.1, 0.15) is 16.1 Å². The van der Waals surface area contributed by atoms with Crippen LogP contribution < -0.4 is 5.32 Å². The molecule has 20 heavy (non-hydrogen) atoms. The van der Waals surface area contributed by atoms with Gasteiger partial charge in [0.1, 0.15) is 0 Å². The number of aryl methyl sites for hydroxylation is 1. The van der Waals surface area contributed by atoms with Gasteiger partial charge in [-0.1, -0.05) is 18.2 Å². The molecule has 2 heterocycles. The lowest BCUT2D eigenvalue weighted by Gasteiger charge is -2.07. The zero-order valence-electron chi connectivity index (χ0n) is 11.0. The van der Waals surface area contributed by atoms with E-state index in [-0.39, 0.29) is 5.91 Å². The molecular weight excluding hydrogens is 250 g/mol. The molecule has 4 nitrogen and oxygen atoms in total. The number of nitrogens with zero attached hydrogens (tertiary/aromatic N) is 2. The van der Waals surface area contributed by atoms with E-state index in [4.69, 9.17) is 0 Å². The Morgan fingerprint density at radius 1 is 1.05 bits per heavy atom. The van der Waals surface area contributed by atoms with E-state index in [1.165, 1.54) is 0 Å². The minimum absolute atomic E-state index is 0.185. The van der Waals surface area contributed by atoms with Crippen LogP contribution in [0.5, 0.6) is 0 Å². The fraction of sp³-hybridized carbons (Fsp3) is 0.0625. The lowest BCUT2D eigenvalue weighted by molar-refractivity contribution is 0.102. The first kappa shape index (κ1) is 12.3. The Morgan fingerprint density at radius 3 is 2.70 bits per heavy atom. The van der Waals surface area contributed by atoms with Crippen molar-refractivity contribution in [2.24, 2.45) is 0 Å². The minimum atomic E-state index is -0.185. The number of hydrogen-bond donors (Lipinski definition) is 1. The molecule has 1 aromatic carbocycles. The maximum Gasteiger partial charge on any atom is 0.257 e. The molecule has 98 valence electrons. The van der Waals surface area contributed by atoms with Crippen molar-refractivity contribution in [3.05, 3.63) is 66.1 Å². The number of carbonyl (C=O) groups is 1. The van der Waals surface area contributed by atoms with Crippen LogP contribution in [0, 0.1) is 6.92 Å². The Balaban J connectivity index is 1.93. The molecule has 0 unspecified atom stereocenters. The van der Waals surface area contributed by atoms with Crippen molar-refractivity contribution in [2.75, 3.05) is 5.32 Å². The summed E-state index contributed by atoms with van der Waals surface area (Å²) in [6, 6.07) is 13.1. The van der Waals surface area contributed by atoms with E-state index < -0.39 is 0 Å². The average molecular weight is 263 g/mol. The van der Waals surface area contributed by atoms with Crippen molar-refractivity contribution in [1.82, 2.24) is 9.97 Å². The molecule has 2 aromatic heterocycles. The number of para-hydroxylation sites is 1. The topological polar surface area (TPSA) is 54.9 Å². The lowest BCUT2D eigenvalue weighted by atomic mass is 10.2. The predicted octanol–water partition coefficient (Wildman–Crippen LogP) is 3.19. The van der Waals surface area contributed by atoms with Crippen molar-refractivity contribution in [1.29, 1.82) is 0 Å². The molecule has 0 aliphatic rings. The second kappa shape index (κ2) is 5.09. The predicted molar refractivity (Wildman–Crippen MR) is 78.7 cm³/mol. The molecule has 3 rings (SSSR count). The number of hydrogen-bond acceptors (Lipinski definition) is 3. The van der Waals surface area contributed by atoms with Gasteiger partial charge in [-0.2, -0.15) is 0 Å². The molecule has 0 saturated heterocycles. The molecule has 1 amide bonds. The number of fused-ring (bicyclic) bond motifs is 1. The first-order chi connectivity index (χ1) is 9.74. The summed E-state index contributed by atoms with van der Waals surface area (Å²) in [5.41, 5.74) is 2.90. The van der Waals surface area contributed by atoms with Crippen LogP contribution in [0.15, 0.2) is 54.9 Å².